The van der Waals surface area contributed by atoms with Crippen molar-refractivity contribution in [2.45, 2.75) is 180 Å². The summed E-state index contributed by atoms with van der Waals surface area (Å²) in [6.45, 7) is 4.38. The molecular formula is C28H60N2. The van der Waals surface area contributed by atoms with Crippen molar-refractivity contribution in [1.29, 1.82) is 0 Å². The van der Waals surface area contributed by atoms with Gasteiger partial charge < -0.3 is 11.5 Å². The maximum absolute atomic E-state index is 5.99. The first-order valence-electron chi connectivity index (χ1n) is 14.2. The zero-order chi connectivity index (χ0) is 22.2. The normalized spacial score (nSPS) is 12.0. The van der Waals surface area contributed by atoms with E-state index in [1.807, 2.05) is 0 Å². The Labute approximate surface area is 191 Å². The second-order valence-corrected chi connectivity index (χ2v) is 10.1. The van der Waals surface area contributed by atoms with Gasteiger partial charge in [-0.1, -0.05) is 162 Å². The van der Waals surface area contributed by atoms with E-state index in [0.717, 1.165) is 12.8 Å². The standard InChI is InChI=1S/C28H60N2/c1-3-5-6-7-8-9-10-11-12-13-14-15-16-17-18-19-20-21-22-23-24-25-26-27-28(29,30)4-2/h3-27,29-30H2,1-2H3. The first kappa shape index (κ1) is 29.9. The summed E-state index contributed by atoms with van der Waals surface area (Å²) in [5.41, 5.74) is 11.5. The highest BCUT2D eigenvalue weighted by Crippen LogP contribution is 2.16. The molecule has 0 fully saturated rings. The van der Waals surface area contributed by atoms with Crippen LogP contribution >= 0.6 is 0 Å². The summed E-state index contributed by atoms with van der Waals surface area (Å²) in [4.78, 5) is 0. The third-order valence-corrected chi connectivity index (χ3v) is 6.90. The number of hydrogen-bond acceptors (Lipinski definition) is 2. The summed E-state index contributed by atoms with van der Waals surface area (Å²) in [6, 6.07) is 0. The van der Waals surface area contributed by atoms with Crippen molar-refractivity contribution < 1.29 is 0 Å². The fraction of sp³-hybridized carbons (Fsp3) is 1.00. The van der Waals surface area contributed by atoms with Crippen LogP contribution in [-0.2, 0) is 0 Å². The average Bonchev–Trinajstić information content (AvgIpc) is 2.74. The van der Waals surface area contributed by atoms with E-state index in [4.69, 9.17) is 11.5 Å². The molecule has 0 aliphatic carbocycles. The molecule has 0 aromatic rings. The van der Waals surface area contributed by atoms with Crippen LogP contribution in [0.5, 0.6) is 0 Å². The average molecular weight is 425 g/mol. The zero-order valence-corrected chi connectivity index (χ0v) is 21.3. The SMILES string of the molecule is CCCCCCCCCCCCCCCCCCCCCCCCCC(N)(N)CC. The molecule has 0 aliphatic rings. The lowest BCUT2D eigenvalue weighted by atomic mass is 9.99. The summed E-state index contributed by atoms with van der Waals surface area (Å²) in [7, 11) is 0. The summed E-state index contributed by atoms with van der Waals surface area (Å²) in [5.74, 6) is 0. The molecule has 0 atom stereocenters. The minimum absolute atomic E-state index is 0.423. The van der Waals surface area contributed by atoms with Gasteiger partial charge in [-0.25, -0.2) is 0 Å². The summed E-state index contributed by atoms with van der Waals surface area (Å²) in [6.07, 6.45) is 34.8. The molecule has 0 heterocycles. The second kappa shape index (κ2) is 23.6. The van der Waals surface area contributed by atoms with E-state index in [9.17, 15) is 0 Å². The van der Waals surface area contributed by atoms with Crippen LogP contribution < -0.4 is 11.5 Å². The molecular weight excluding hydrogens is 364 g/mol. The van der Waals surface area contributed by atoms with Crippen molar-refractivity contribution in [3.8, 4) is 0 Å². The second-order valence-electron chi connectivity index (χ2n) is 10.1. The van der Waals surface area contributed by atoms with Crippen LogP contribution in [0.2, 0.25) is 0 Å². The van der Waals surface area contributed by atoms with Gasteiger partial charge in [0.2, 0.25) is 0 Å². The highest BCUT2D eigenvalue weighted by atomic mass is 14.9. The van der Waals surface area contributed by atoms with E-state index in [2.05, 4.69) is 13.8 Å². The van der Waals surface area contributed by atoms with Crippen LogP contribution in [-0.4, -0.2) is 5.66 Å². The van der Waals surface area contributed by atoms with Gasteiger partial charge in [0.05, 0.1) is 5.66 Å². The molecule has 0 spiro atoms. The molecule has 0 saturated carbocycles. The Balaban J connectivity index is 3.05. The van der Waals surface area contributed by atoms with Crippen molar-refractivity contribution >= 4 is 0 Å². The summed E-state index contributed by atoms with van der Waals surface area (Å²) >= 11 is 0. The zero-order valence-electron chi connectivity index (χ0n) is 21.3. The highest BCUT2D eigenvalue weighted by molar-refractivity contribution is 4.73. The molecule has 0 aliphatic heterocycles. The van der Waals surface area contributed by atoms with Gasteiger partial charge in [0, 0.05) is 0 Å². The predicted molar refractivity (Wildman–Crippen MR) is 138 cm³/mol. The number of hydrogen-bond donors (Lipinski definition) is 2. The van der Waals surface area contributed by atoms with Crippen LogP contribution in [0.3, 0.4) is 0 Å². The molecule has 182 valence electrons. The molecule has 0 aromatic heterocycles. The maximum atomic E-state index is 5.99. The van der Waals surface area contributed by atoms with E-state index < -0.39 is 5.66 Å². The van der Waals surface area contributed by atoms with E-state index in [1.54, 1.807) is 0 Å². The maximum Gasteiger partial charge on any atom is 0.0633 e. The summed E-state index contributed by atoms with van der Waals surface area (Å²) in [5, 5.41) is 0. The minimum atomic E-state index is -0.423. The van der Waals surface area contributed by atoms with Gasteiger partial charge in [-0.3, -0.25) is 0 Å². The van der Waals surface area contributed by atoms with Crippen molar-refractivity contribution in [2.24, 2.45) is 11.5 Å². The Morgan fingerprint density at radius 1 is 0.367 bits per heavy atom. The molecule has 0 rings (SSSR count). The van der Waals surface area contributed by atoms with Crippen LogP contribution in [0.1, 0.15) is 174 Å². The van der Waals surface area contributed by atoms with Crippen LogP contribution in [0.25, 0.3) is 0 Å². The van der Waals surface area contributed by atoms with Gasteiger partial charge in [-0.05, 0) is 12.8 Å². The molecule has 2 nitrogen and oxygen atoms in total. The van der Waals surface area contributed by atoms with Gasteiger partial charge in [0.25, 0.3) is 0 Å². The van der Waals surface area contributed by atoms with E-state index in [0.29, 0.717) is 0 Å². The Morgan fingerprint density at radius 2 is 0.600 bits per heavy atom. The minimum Gasteiger partial charge on any atom is -0.314 e. The van der Waals surface area contributed by atoms with Crippen LogP contribution in [0.15, 0.2) is 0 Å². The molecule has 0 aromatic carbocycles. The lowest BCUT2D eigenvalue weighted by molar-refractivity contribution is 0.374. The Bertz CT molecular complexity index is 314. The van der Waals surface area contributed by atoms with E-state index in [1.165, 1.54) is 148 Å². The van der Waals surface area contributed by atoms with Crippen molar-refractivity contribution in [3.05, 3.63) is 0 Å². The number of nitrogens with two attached hydrogens (primary N) is 2. The summed E-state index contributed by atoms with van der Waals surface area (Å²) < 4.78 is 0. The lowest BCUT2D eigenvalue weighted by Crippen LogP contribution is -2.48. The van der Waals surface area contributed by atoms with Crippen molar-refractivity contribution in [3.63, 3.8) is 0 Å². The third-order valence-electron chi connectivity index (χ3n) is 6.90. The highest BCUT2D eigenvalue weighted by Gasteiger charge is 2.14. The topological polar surface area (TPSA) is 52.0 Å². The predicted octanol–water partition coefficient (Wildman–Crippen LogP) is 9.39. The molecule has 4 N–H and O–H groups in total. The molecule has 0 amide bonds. The van der Waals surface area contributed by atoms with Crippen LogP contribution in [0.4, 0.5) is 0 Å². The molecule has 0 radical (unpaired) electrons. The fourth-order valence-electron chi connectivity index (χ4n) is 4.42. The number of unbranched alkanes of at least 4 members (excludes halogenated alkanes) is 22. The van der Waals surface area contributed by atoms with Crippen LogP contribution in [0, 0.1) is 0 Å². The Hall–Kier alpha value is -0.0800. The molecule has 0 unspecified atom stereocenters. The van der Waals surface area contributed by atoms with Gasteiger partial charge in [-0.2, -0.15) is 0 Å². The monoisotopic (exact) mass is 424 g/mol. The van der Waals surface area contributed by atoms with Gasteiger partial charge in [0.1, 0.15) is 0 Å². The fourth-order valence-corrected chi connectivity index (χ4v) is 4.42. The Morgan fingerprint density at radius 3 is 0.833 bits per heavy atom. The molecule has 0 saturated heterocycles. The Kier molecular flexibility index (Phi) is 23.5. The smallest absolute Gasteiger partial charge is 0.0633 e. The van der Waals surface area contributed by atoms with Gasteiger partial charge in [-0.15, -0.1) is 0 Å². The van der Waals surface area contributed by atoms with Gasteiger partial charge >= 0.3 is 0 Å². The van der Waals surface area contributed by atoms with Crippen molar-refractivity contribution in [1.82, 2.24) is 0 Å². The van der Waals surface area contributed by atoms with Crippen molar-refractivity contribution in [2.75, 3.05) is 0 Å². The van der Waals surface area contributed by atoms with E-state index >= 15 is 0 Å². The molecule has 2 heteroatoms. The lowest BCUT2D eigenvalue weighted by Gasteiger charge is -2.22. The largest absolute Gasteiger partial charge is 0.314 e. The first-order chi connectivity index (χ1) is 14.6. The van der Waals surface area contributed by atoms with Gasteiger partial charge in [0.15, 0.2) is 0 Å². The quantitative estimate of drug-likeness (QED) is 0.113. The number of rotatable bonds is 25. The first-order valence-corrected chi connectivity index (χ1v) is 14.2. The van der Waals surface area contributed by atoms with E-state index in [-0.39, 0.29) is 0 Å². The molecule has 30 heavy (non-hydrogen) atoms. The third kappa shape index (κ3) is 24.2. The molecule has 0 bridgehead atoms.